The third-order valence-electron chi connectivity index (χ3n) is 6.59. The second kappa shape index (κ2) is 8.22. The topological polar surface area (TPSA) is 69.3 Å². The number of aromatic amines is 1. The molecule has 2 aliphatic rings. The highest BCUT2D eigenvalue weighted by molar-refractivity contribution is 7.12. The van der Waals surface area contributed by atoms with Crippen LogP contribution in [0.1, 0.15) is 46.8 Å². The molecular weight excluding hydrogens is 396 g/mol. The number of nitrogens with one attached hydrogen (secondary N) is 1. The van der Waals surface area contributed by atoms with Crippen molar-refractivity contribution in [3.05, 3.63) is 52.5 Å². The summed E-state index contributed by atoms with van der Waals surface area (Å²) in [6, 6.07) is 7.88. The molecule has 5 heterocycles. The van der Waals surface area contributed by atoms with Crippen LogP contribution in [-0.2, 0) is 4.79 Å². The van der Waals surface area contributed by atoms with Gasteiger partial charge in [0.15, 0.2) is 0 Å². The van der Waals surface area contributed by atoms with Crippen molar-refractivity contribution < 1.29 is 9.59 Å². The summed E-state index contributed by atoms with van der Waals surface area (Å²) in [6.45, 7) is 2.97. The van der Waals surface area contributed by atoms with Gasteiger partial charge in [-0.15, -0.1) is 11.3 Å². The Hall–Kier alpha value is -2.67. The van der Waals surface area contributed by atoms with Gasteiger partial charge in [0.2, 0.25) is 5.91 Å². The Morgan fingerprint density at radius 1 is 1.00 bits per heavy atom. The molecule has 5 rings (SSSR count). The van der Waals surface area contributed by atoms with Crippen LogP contribution in [0.25, 0.3) is 11.0 Å². The second-order valence-electron chi connectivity index (χ2n) is 8.29. The van der Waals surface area contributed by atoms with Crippen LogP contribution in [-0.4, -0.2) is 57.8 Å². The molecule has 3 aromatic heterocycles. The van der Waals surface area contributed by atoms with Crippen LogP contribution in [0.5, 0.6) is 0 Å². The van der Waals surface area contributed by atoms with E-state index in [2.05, 4.69) is 22.2 Å². The fourth-order valence-corrected chi connectivity index (χ4v) is 5.56. The van der Waals surface area contributed by atoms with E-state index in [0.29, 0.717) is 19.0 Å². The minimum absolute atomic E-state index is 0.0474. The molecule has 156 valence electrons. The van der Waals surface area contributed by atoms with Gasteiger partial charge in [-0.25, -0.2) is 4.98 Å². The van der Waals surface area contributed by atoms with E-state index >= 15 is 0 Å². The minimum atomic E-state index is 0.0474. The molecule has 7 heteroatoms. The van der Waals surface area contributed by atoms with Gasteiger partial charge in [-0.2, -0.15) is 0 Å². The fourth-order valence-electron chi connectivity index (χ4n) is 4.87. The molecule has 1 N–H and O–H groups in total. The van der Waals surface area contributed by atoms with Crippen LogP contribution >= 0.6 is 11.3 Å². The Bertz CT molecular complexity index is 1030. The van der Waals surface area contributed by atoms with Crippen molar-refractivity contribution in [1.82, 2.24) is 19.8 Å². The molecule has 0 aromatic carbocycles. The lowest BCUT2D eigenvalue weighted by molar-refractivity contribution is -0.138. The van der Waals surface area contributed by atoms with Crippen LogP contribution in [0.2, 0.25) is 0 Å². The van der Waals surface area contributed by atoms with Crippen molar-refractivity contribution in [2.75, 3.05) is 26.2 Å². The number of rotatable bonds is 3. The van der Waals surface area contributed by atoms with Gasteiger partial charge < -0.3 is 14.8 Å². The number of likely N-dealkylation sites (tertiary alicyclic amines) is 2. The first-order chi connectivity index (χ1) is 14.7. The summed E-state index contributed by atoms with van der Waals surface area (Å²) >= 11 is 1.48. The molecule has 0 aliphatic carbocycles. The number of H-pyrrole nitrogens is 1. The first kappa shape index (κ1) is 19.3. The van der Waals surface area contributed by atoms with Gasteiger partial charge in [0.1, 0.15) is 5.65 Å². The number of fused-ring (bicyclic) bond motifs is 1. The van der Waals surface area contributed by atoms with Crippen LogP contribution < -0.4 is 0 Å². The molecule has 2 aliphatic heterocycles. The molecule has 0 unspecified atom stereocenters. The average Bonchev–Trinajstić information content (AvgIpc) is 3.49. The average molecular weight is 423 g/mol. The van der Waals surface area contributed by atoms with Crippen molar-refractivity contribution in [1.29, 1.82) is 0 Å². The zero-order chi connectivity index (χ0) is 20.5. The van der Waals surface area contributed by atoms with Gasteiger partial charge in [0, 0.05) is 49.9 Å². The number of amides is 2. The monoisotopic (exact) mass is 422 g/mol. The van der Waals surface area contributed by atoms with Gasteiger partial charge in [-0.3, -0.25) is 9.59 Å². The van der Waals surface area contributed by atoms with Crippen LogP contribution in [0, 0.1) is 5.92 Å². The minimum Gasteiger partial charge on any atom is -0.346 e. The maximum absolute atomic E-state index is 13.1. The van der Waals surface area contributed by atoms with E-state index in [0.717, 1.165) is 49.3 Å². The van der Waals surface area contributed by atoms with E-state index in [-0.39, 0.29) is 17.7 Å². The number of hydrogen-bond donors (Lipinski definition) is 1. The standard InChI is InChI=1S/C23H26N4O2S/c28-22(17-7-12-27(13-8-17)23(29)20-4-2-14-30-20)26-10-5-16(6-11-26)19-15-25-21-18(19)3-1-9-24-21/h1-4,9,14-17H,5-8,10-13H2,(H,24,25). The van der Waals surface area contributed by atoms with Gasteiger partial charge >= 0.3 is 0 Å². The van der Waals surface area contributed by atoms with E-state index < -0.39 is 0 Å². The quantitative estimate of drug-likeness (QED) is 0.696. The lowest BCUT2D eigenvalue weighted by Crippen LogP contribution is -2.46. The van der Waals surface area contributed by atoms with Gasteiger partial charge in [-0.05, 0) is 60.7 Å². The number of aromatic nitrogens is 2. The normalized spacial score (nSPS) is 18.8. The summed E-state index contributed by atoms with van der Waals surface area (Å²) in [4.78, 5) is 38.0. The van der Waals surface area contributed by atoms with E-state index in [9.17, 15) is 9.59 Å². The maximum Gasteiger partial charge on any atom is 0.263 e. The second-order valence-corrected chi connectivity index (χ2v) is 9.23. The number of carbonyl (C=O) groups excluding carboxylic acids is 2. The van der Waals surface area contributed by atoms with Crippen LogP contribution in [0.3, 0.4) is 0 Å². The lowest BCUT2D eigenvalue weighted by atomic mass is 9.88. The molecule has 0 bridgehead atoms. The van der Waals surface area contributed by atoms with E-state index in [1.54, 1.807) is 0 Å². The molecule has 3 aromatic rings. The fraction of sp³-hybridized carbons (Fsp3) is 0.435. The number of thiophene rings is 1. The molecule has 0 spiro atoms. The number of pyridine rings is 1. The van der Waals surface area contributed by atoms with E-state index in [1.807, 2.05) is 39.6 Å². The lowest BCUT2D eigenvalue weighted by Gasteiger charge is -2.37. The number of hydrogen-bond acceptors (Lipinski definition) is 4. The smallest absolute Gasteiger partial charge is 0.263 e. The van der Waals surface area contributed by atoms with Crippen molar-refractivity contribution in [2.24, 2.45) is 5.92 Å². The molecule has 2 fully saturated rings. The molecule has 0 saturated carbocycles. The highest BCUT2D eigenvalue weighted by Crippen LogP contribution is 2.33. The Labute approximate surface area is 179 Å². The first-order valence-electron chi connectivity index (χ1n) is 10.7. The van der Waals surface area contributed by atoms with Crippen LogP contribution in [0.15, 0.2) is 42.0 Å². The third kappa shape index (κ3) is 3.62. The predicted octanol–water partition coefficient (Wildman–Crippen LogP) is 3.88. The molecule has 0 radical (unpaired) electrons. The zero-order valence-corrected chi connectivity index (χ0v) is 17.7. The first-order valence-corrected chi connectivity index (χ1v) is 11.6. The molecule has 6 nitrogen and oxygen atoms in total. The van der Waals surface area contributed by atoms with Crippen LogP contribution in [0.4, 0.5) is 0 Å². The zero-order valence-electron chi connectivity index (χ0n) is 16.9. The molecule has 30 heavy (non-hydrogen) atoms. The van der Waals surface area contributed by atoms with Crippen molar-refractivity contribution in [2.45, 2.75) is 31.6 Å². The third-order valence-corrected chi connectivity index (χ3v) is 7.45. The summed E-state index contributed by atoms with van der Waals surface area (Å²) < 4.78 is 0. The van der Waals surface area contributed by atoms with Gasteiger partial charge in [0.05, 0.1) is 4.88 Å². The van der Waals surface area contributed by atoms with Crippen molar-refractivity contribution in [3.63, 3.8) is 0 Å². The largest absolute Gasteiger partial charge is 0.346 e. The molecule has 0 atom stereocenters. The summed E-state index contributed by atoms with van der Waals surface area (Å²) in [7, 11) is 0. The van der Waals surface area contributed by atoms with E-state index in [4.69, 9.17) is 0 Å². The summed E-state index contributed by atoms with van der Waals surface area (Å²) in [5, 5.41) is 3.13. The van der Waals surface area contributed by atoms with Crippen molar-refractivity contribution in [3.8, 4) is 0 Å². The van der Waals surface area contributed by atoms with E-state index in [1.165, 1.54) is 22.3 Å². The molecule has 2 amide bonds. The summed E-state index contributed by atoms with van der Waals surface area (Å²) in [5.74, 6) is 0.894. The number of nitrogens with zero attached hydrogens (tertiary/aromatic N) is 3. The Morgan fingerprint density at radius 3 is 2.50 bits per heavy atom. The molecular formula is C23H26N4O2S. The Balaban J connectivity index is 1.15. The predicted molar refractivity (Wildman–Crippen MR) is 118 cm³/mol. The summed E-state index contributed by atoms with van der Waals surface area (Å²) in [5.41, 5.74) is 2.26. The van der Waals surface area contributed by atoms with Crippen molar-refractivity contribution >= 4 is 34.2 Å². The van der Waals surface area contributed by atoms with Gasteiger partial charge in [-0.1, -0.05) is 6.07 Å². The maximum atomic E-state index is 13.1. The highest BCUT2D eigenvalue weighted by Gasteiger charge is 2.33. The molecule has 2 saturated heterocycles. The van der Waals surface area contributed by atoms with Gasteiger partial charge in [0.25, 0.3) is 5.91 Å². The summed E-state index contributed by atoms with van der Waals surface area (Å²) in [6.07, 6.45) is 7.41. The SMILES string of the molecule is O=C(c1cccs1)N1CCC(C(=O)N2CCC(c3c[nH]c4ncccc34)CC2)CC1. The highest BCUT2D eigenvalue weighted by atomic mass is 32.1. The number of piperidine rings is 2. The Morgan fingerprint density at radius 2 is 1.77 bits per heavy atom. The Kier molecular flexibility index (Phi) is 5.29. The number of carbonyl (C=O) groups is 2.